The van der Waals surface area contributed by atoms with Crippen LogP contribution < -0.4 is 10.5 Å². The molecule has 0 aliphatic carbocycles. The van der Waals surface area contributed by atoms with Crippen molar-refractivity contribution in [2.45, 2.75) is 32.8 Å². The Morgan fingerprint density at radius 1 is 0.808 bits per heavy atom. The summed E-state index contributed by atoms with van der Waals surface area (Å²) in [6.45, 7) is 5.49. The predicted molar refractivity (Wildman–Crippen MR) is 109 cm³/mol. The number of ether oxygens (including phenoxy) is 1. The number of aryl methyl sites for hydroxylation is 2. The lowest BCUT2D eigenvalue weighted by molar-refractivity contribution is 0.305. The van der Waals surface area contributed by atoms with Crippen molar-refractivity contribution >= 4 is 0 Å². The second-order valence-corrected chi connectivity index (χ2v) is 6.98. The van der Waals surface area contributed by atoms with Crippen LogP contribution >= 0.6 is 0 Å². The van der Waals surface area contributed by atoms with Crippen LogP contribution in [0.25, 0.3) is 0 Å². The van der Waals surface area contributed by atoms with E-state index in [4.69, 9.17) is 10.5 Å². The zero-order valence-electron chi connectivity index (χ0n) is 15.6. The van der Waals surface area contributed by atoms with Crippen molar-refractivity contribution < 1.29 is 4.74 Å². The molecular formula is C24H27NO. The smallest absolute Gasteiger partial charge is 0.120 e. The van der Waals surface area contributed by atoms with Gasteiger partial charge in [-0.15, -0.1) is 0 Å². The second kappa shape index (κ2) is 8.68. The molecule has 0 spiro atoms. The highest BCUT2D eigenvalue weighted by Crippen LogP contribution is 2.25. The Morgan fingerprint density at radius 3 is 2.23 bits per heavy atom. The summed E-state index contributed by atoms with van der Waals surface area (Å²) in [7, 11) is 0. The summed E-state index contributed by atoms with van der Waals surface area (Å²) in [6.07, 6.45) is 0.946. The summed E-state index contributed by atoms with van der Waals surface area (Å²) in [5.41, 5.74) is 12.5. The van der Waals surface area contributed by atoms with Gasteiger partial charge in [0.15, 0.2) is 0 Å². The maximum absolute atomic E-state index is 6.10. The van der Waals surface area contributed by atoms with Gasteiger partial charge in [-0.2, -0.15) is 0 Å². The van der Waals surface area contributed by atoms with E-state index in [0.717, 1.165) is 12.2 Å². The first-order chi connectivity index (χ1) is 12.6. The predicted octanol–water partition coefficient (Wildman–Crippen LogP) is 5.17. The highest BCUT2D eigenvalue weighted by Gasteiger charge is 2.12. The van der Waals surface area contributed by atoms with Crippen molar-refractivity contribution in [3.8, 4) is 5.75 Å². The summed E-state index contributed by atoms with van der Waals surface area (Å²) in [6, 6.07) is 25.3. The first kappa shape index (κ1) is 18.2. The van der Waals surface area contributed by atoms with Gasteiger partial charge in [-0.1, -0.05) is 71.8 Å². The average molecular weight is 345 g/mol. The summed E-state index contributed by atoms with van der Waals surface area (Å²) < 4.78 is 5.98. The first-order valence-corrected chi connectivity index (χ1v) is 9.18. The molecule has 2 heteroatoms. The van der Waals surface area contributed by atoms with Gasteiger partial charge in [0, 0.05) is 5.92 Å². The fourth-order valence-electron chi connectivity index (χ4n) is 3.41. The lowest BCUT2D eigenvalue weighted by Crippen LogP contribution is -2.15. The van der Waals surface area contributed by atoms with Crippen molar-refractivity contribution in [1.82, 2.24) is 0 Å². The van der Waals surface area contributed by atoms with Gasteiger partial charge in [0.2, 0.25) is 0 Å². The monoisotopic (exact) mass is 345 g/mol. The SMILES string of the molecule is Cc1cc(C)cc(CC(CN)c2cccc(OCc3ccccc3)c2)c1. The Labute approximate surface area is 156 Å². The number of nitrogens with two attached hydrogens (primary N) is 1. The topological polar surface area (TPSA) is 35.2 Å². The van der Waals surface area contributed by atoms with Crippen LogP contribution in [0.4, 0.5) is 0 Å². The molecule has 0 aromatic heterocycles. The molecule has 0 saturated carbocycles. The van der Waals surface area contributed by atoms with Gasteiger partial charge in [-0.05, 0) is 55.6 Å². The average Bonchev–Trinajstić information content (AvgIpc) is 2.65. The van der Waals surface area contributed by atoms with Gasteiger partial charge in [0.05, 0.1) is 0 Å². The van der Waals surface area contributed by atoms with Crippen molar-refractivity contribution in [2.75, 3.05) is 6.54 Å². The molecule has 0 amide bonds. The van der Waals surface area contributed by atoms with Crippen LogP contribution in [-0.2, 0) is 13.0 Å². The molecule has 0 radical (unpaired) electrons. The van der Waals surface area contributed by atoms with Gasteiger partial charge in [-0.25, -0.2) is 0 Å². The maximum atomic E-state index is 6.10. The highest BCUT2D eigenvalue weighted by molar-refractivity contribution is 5.34. The van der Waals surface area contributed by atoms with E-state index in [0.29, 0.717) is 13.2 Å². The van der Waals surface area contributed by atoms with Crippen LogP contribution in [0.1, 0.15) is 33.7 Å². The largest absolute Gasteiger partial charge is 0.489 e. The molecule has 3 rings (SSSR count). The van der Waals surface area contributed by atoms with E-state index in [-0.39, 0.29) is 5.92 Å². The zero-order valence-corrected chi connectivity index (χ0v) is 15.6. The van der Waals surface area contributed by atoms with Crippen molar-refractivity contribution in [3.05, 3.63) is 101 Å². The van der Waals surface area contributed by atoms with Gasteiger partial charge in [0.25, 0.3) is 0 Å². The van der Waals surface area contributed by atoms with E-state index >= 15 is 0 Å². The molecule has 26 heavy (non-hydrogen) atoms. The second-order valence-electron chi connectivity index (χ2n) is 6.98. The molecule has 0 bridgehead atoms. The third-order valence-corrected chi connectivity index (χ3v) is 4.63. The van der Waals surface area contributed by atoms with Gasteiger partial charge >= 0.3 is 0 Å². The first-order valence-electron chi connectivity index (χ1n) is 9.18. The van der Waals surface area contributed by atoms with E-state index in [1.807, 2.05) is 24.3 Å². The third-order valence-electron chi connectivity index (χ3n) is 4.63. The molecule has 0 aliphatic rings. The highest BCUT2D eigenvalue weighted by atomic mass is 16.5. The van der Waals surface area contributed by atoms with Crippen LogP contribution in [0.3, 0.4) is 0 Å². The van der Waals surface area contributed by atoms with E-state index < -0.39 is 0 Å². The number of hydrogen-bond donors (Lipinski definition) is 1. The van der Waals surface area contributed by atoms with E-state index in [1.165, 1.54) is 27.8 Å². The molecule has 134 valence electrons. The van der Waals surface area contributed by atoms with E-state index in [2.05, 4.69) is 62.4 Å². The fourth-order valence-corrected chi connectivity index (χ4v) is 3.41. The molecule has 2 N–H and O–H groups in total. The molecule has 3 aromatic rings. The summed E-state index contributed by atoms with van der Waals surface area (Å²) in [4.78, 5) is 0. The normalized spacial score (nSPS) is 12.0. The molecule has 2 nitrogen and oxygen atoms in total. The lowest BCUT2D eigenvalue weighted by atomic mass is 9.91. The Balaban J connectivity index is 1.72. The number of benzene rings is 3. The van der Waals surface area contributed by atoms with E-state index in [9.17, 15) is 0 Å². The minimum Gasteiger partial charge on any atom is -0.489 e. The summed E-state index contributed by atoms with van der Waals surface area (Å²) in [5.74, 6) is 1.18. The quantitative estimate of drug-likeness (QED) is 0.641. The number of hydrogen-bond acceptors (Lipinski definition) is 2. The molecule has 0 saturated heterocycles. The Hall–Kier alpha value is -2.58. The molecule has 3 aromatic carbocycles. The maximum Gasteiger partial charge on any atom is 0.120 e. The van der Waals surface area contributed by atoms with Crippen molar-refractivity contribution in [3.63, 3.8) is 0 Å². The Kier molecular flexibility index (Phi) is 6.08. The van der Waals surface area contributed by atoms with Crippen LogP contribution in [0.2, 0.25) is 0 Å². The fraction of sp³-hybridized carbons (Fsp3) is 0.250. The van der Waals surface area contributed by atoms with Crippen molar-refractivity contribution in [2.24, 2.45) is 5.73 Å². The van der Waals surface area contributed by atoms with Crippen LogP contribution in [0, 0.1) is 13.8 Å². The minimum absolute atomic E-state index is 0.288. The summed E-state index contributed by atoms with van der Waals surface area (Å²) >= 11 is 0. The molecular weight excluding hydrogens is 318 g/mol. The van der Waals surface area contributed by atoms with Gasteiger partial charge in [-0.3, -0.25) is 0 Å². The van der Waals surface area contributed by atoms with Crippen LogP contribution in [-0.4, -0.2) is 6.54 Å². The molecule has 1 unspecified atom stereocenters. The number of rotatable bonds is 7. The standard InChI is InChI=1S/C24H27NO/c1-18-11-19(2)13-21(12-18)14-23(16-25)22-9-6-10-24(15-22)26-17-20-7-4-3-5-8-20/h3-13,15,23H,14,16-17,25H2,1-2H3. The minimum atomic E-state index is 0.288. The Bertz CT molecular complexity index is 822. The molecule has 0 fully saturated rings. The lowest BCUT2D eigenvalue weighted by Gasteiger charge is -2.17. The third kappa shape index (κ3) is 4.96. The van der Waals surface area contributed by atoms with Crippen LogP contribution in [0.5, 0.6) is 5.75 Å². The Morgan fingerprint density at radius 2 is 1.54 bits per heavy atom. The molecule has 1 atom stereocenters. The van der Waals surface area contributed by atoms with E-state index in [1.54, 1.807) is 0 Å². The van der Waals surface area contributed by atoms with Gasteiger partial charge in [0.1, 0.15) is 12.4 Å². The zero-order chi connectivity index (χ0) is 18.4. The van der Waals surface area contributed by atoms with Crippen molar-refractivity contribution in [1.29, 1.82) is 0 Å². The molecule has 0 heterocycles. The summed E-state index contributed by atoms with van der Waals surface area (Å²) in [5, 5.41) is 0. The molecule has 0 aliphatic heterocycles. The van der Waals surface area contributed by atoms with Gasteiger partial charge < -0.3 is 10.5 Å². The van der Waals surface area contributed by atoms with Crippen LogP contribution in [0.15, 0.2) is 72.8 Å².